The van der Waals surface area contributed by atoms with E-state index in [2.05, 4.69) is 22.0 Å². The van der Waals surface area contributed by atoms with Gasteiger partial charge in [0.05, 0.1) is 6.04 Å². The van der Waals surface area contributed by atoms with Gasteiger partial charge in [-0.3, -0.25) is 9.69 Å². The van der Waals surface area contributed by atoms with Gasteiger partial charge in [0.1, 0.15) is 0 Å². The number of piperazine rings is 1. The molecule has 2 saturated heterocycles. The molecule has 31 heavy (non-hydrogen) atoms. The maximum atomic E-state index is 13.6. The van der Waals surface area contributed by atoms with Crippen molar-refractivity contribution >= 4 is 29.2 Å². The van der Waals surface area contributed by atoms with Crippen LogP contribution in [0.4, 0.5) is 10.5 Å². The standard InChI is InChI=1S/C24H35ClN4O2/c1-18-9-11-28(12-10-18)23(30)22(19-5-2-3-6-19)27-13-15-29(16-14-27)24(31)26-21-8-4-7-20(25)17-21/h4,7-8,17-19,22H,2-3,5-6,9-16H2,1H3,(H,26,31). The lowest BCUT2D eigenvalue weighted by Crippen LogP contribution is -2.59. The van der Waals surface area contributed by atoms with Crippen LogP contribution in [0.3, 0.4) is 0 Å². The molecule has 3 fully saturated rings. The number of benzene rings is 1. The number of hydrogen-bond donors (Lipinski definition) is 1. The minimum absolute atomic E-state index is 0.0194. The Balaban J connectivity index is 1.37. The van der Waals surface area contributed by atoms with Crippen molar-refractivity contribution in [3.05, 3.63) is 29.3 Å². The van der Waals surface area contributed by atoms with Gasteiger partial charge in [0, 0.05) is 50.0 Å². The largest absolute Gasteiger partial charge is 0.341 e. The molecule has 3 aliphatic rings. The zero-order chi connectivity index (χ0) is 21.8. The van der Waals surface area contributed by atoms with Gasteiger partial charge < -0.3 is 15.1 Å². The number of amides is 3. The SMILES string of the molecule is CC1CCN(C(=O)C(C2CCCC2)N2CCN(C(=O)Nc3cccc(Cl)c3)CC2)CC1. The second-order valence-electron chi connectivity index (χ2n) is 9.46. The van der Waals surface area contributed by atoms with Crippen molar-refractivity contribution in [2.45, 2.75) is 51.5 Å². The summed E-state index contributed by atoms with van der Waals surface area (Å²) >= 11 is 6.02. The molecule has 0 aromatic heterocycles. The number of nitrogens with zero attached hydrogens (tertiary/aromatic N) is 3. The number of carbonyl (C=O) groups excluding carboxylic acids is 2. The summed E-state index contributed by atoms with van der Waals surface area (Å²) in [5.41, 5.74) is 0.707. The van der Waals surface area contributed by atoms with Crippen LogP contribution in [-0.4, -0.2) is 71.9 Å². The molecule has 170 valence electrons. The highest BCUT2D eigenvalue weighted by Crippen LogP contribution is 2.33. The van der Waals surface area contributed by atoms with E-state index >= 15 is 0 Å². The summed E-state index contributed by atoms with van der Waals surface area (Å²) in [6.45, 7) is 6.85. The van der Waals surface area contributed by atoms with Crippen LogP contribution in [0.15, 0.2) is 24.3 Å². The lowest BCUT2D eigenvalue weighted by atomic mass is 9.92. The number of nitrogens with one attached hydrogen (secondary N) is 1. The number of hydrogen-bond acceptors (Lipinski definition) is 3. The van der Waals surface area contributed by atoms with Gasteiger partial charge in [0.2, 0.25) is 5.91 Å². The molecule has 2 heterocycles. The first-order chi connectivity index (χ1) is 15.0. The van der Waals surface area contributed by atoms with E-state index in [-0.39, 0.29) is 12.1 Å². The number of likely N-dealkylation sites (tertiary alicyclic amines) is 1. The summed E-state index contributed by atoms with van der Waals surface area (Å²) < 4.78 is 0. The maximum absolute atomic E-state index is 13.6. The molecular formula is C24H35ClN4O2. The molecule has 1 aromatic rings. The minimum atomic E-state index is -0.101. The molecule has 3 amide bonds. The molecule has 0 spiro atoms. The number of rotatable bonds is 4. The average Bonchev–Trinajstić information content (AvgIpc) is 3.29. The van der Waals surface area contributed by atoms with E-state index in [1.54, 1.807) is 12.1 Å². The Morgan fingerprint density at radius 1 is 0.968 bits per heavy atom. The number of anilines is 1. The van der Waals surface area contributed by atoms with Gasteiger partial charge in [-0.15, -0.1) is 0 Å². The smallest absolute Gasteiger partial charge is 0.321 e. The topological polar surface area (TPSA) is 55.9 Å². The Hall–Kier alpha value is -1.79. The molecule has 1 atom stereocenters. The first-order valence-electron chi connectivity index (χ1n) is 11.9. The summed E-state index contributed by atoms with van der Waals surface area (Å²) in [4.78, 5) is 32.6. The predicted octanol–water partition coefficient (Wildman–Crippen LogP) is 4.31. The predicted molar refractivity (Wildman–Crippen MR) is 124 cm³/mol. The van der Waals surface area contributed by atoms with Crippen molar-refractivity contribution in [1.82, 2.24) is 14.7 Å². The molecule has 7 heteroatoms. The van der Waals surface area contributed by atoms with Gasteiger partial charge in [-0.25, -0.2) is 4.79 Å². The Bertz CT molecular complexity index is 767. The van der Waals surface area contributed by atoms with Crippen LogP contribution in [0.1, 0.15) is 45.4 Å². The van der Waals surface area contributed by atoms with Crippen molar-refractivity contribution in [3.8, 4) is 0 Å². The highest BCUT2D eigenvalue weighted by atomic mass is 35.5. The number of halogens is 1. The molecule has 2 aliphatic heterocycles. The van der Waals surface area contributed by atoms with E-state index in [0.29, 0.717) is 35.6 Å². The lowest BCUT2D eigenvalue weighted by Gasteiger charge is -2.43. The van der Waals surface area contributed by atoms with E-state index in [0.717, 1.165) is 57.8 Å². The van der Waals surface area contributed by atoms with Gasteiger partial charge in [-0.05, 0) is 55.7 Å². The van der Waals surface area contributed by atoms with Crippen LogP contribution >= 0.6 is 11.6 Å². The van der Waals surface area contributed by atoms with Crippen LogP contribution in [0, 0.1) is 11.8 Å². The maximum Gasteiger partial charge on any atom is 0.321 e. The summed E-state index contributed by atoms with van der Waals surface area (Å²) in [5.74, 6) is 1.50. The third-order valence-electron chi connectivity index (χ3n) is 7.27. The Morgan fingerprint density at radius 2 is 1.65 bits per heavy atom. The Labute approximate surface area is 190 Å². The van der Waals surface area contributed by atoms with Crippen LogP contribution in [-0.2, 0) is 4.79 Å². The second kappa shape index (κ2) is 10.2. The molecule has 1 unspecified atom stereocenters. The lowest BCUT2D eigenvalue weighted by molar-refractivity contribution is -0.141. The van der Waals surface area contributed by atoms with Gasteiger partial charge >= 0.3 is 6.03 Å². The van der Waals surface area contributed by atoms with Crippen molar-refractivity contribution in [2.24, 2.45) is 11.8 Å². The molecule has 1 saturated carbocycles. The number of piperidine rings is 1. The van der Waals surface area contributed by atoms with Crippen molar-refractivity contribution in [3.63, 3.8) is 0 Å². The van der Waals surface area contributed by atoms with Crippen molar-refractivity contribution in [2.75, 3.05) is 44.6 Å². The summed E-state index contributed by atoms with van der Waals surface area (Å²) in [5, 5.41) is 3.54. The highest BCUT2D eigenvalue weighted by Gasteiger charge is 2.39. The molecular weight excluding hydrogens is 412 g/mol. The van der Waals surface area contributed by atoms with Crippen molar-refractivity contribution < 1.29 is 9.59 Å². The molecule has 0 radical (unpaired) electrons. The second-order valence-corrected chi connectivity index (χ2v) is 9.90. The average molecular weight is 447 g/mol. The Morgan fingerprint density at radius 3 is 2.29 bits per heavy atom. The van der Waals surface area contributed by atoms with Crippen LogP contribution in [0.25, 0.3) is 0 Å². The number of carbonyl (C=O) groups is 2. The van der Waals surface area contributed by atoms with E-state index in [1.165, 1.54) is 12.8 Å². The minimum Gasteiger partial charge on any atom is -0.341 e. The fraction of sp³-hybridized carbons (Fsp3) is 0.667. The van der Waals surface area contributed by atoms with E-state index in [1.807, 2.05) is 17.0 Å². The molecule has 0 bridgehead atoms. The summed E-state index contributed by atoms with van der Waals surface area (Å²) in [6, 6.07) is 7.09. The van der Waals surface area contributed by atoms with Gasteiger partial charge in [-0.1, -0.05) is 37.4 Å². The van der Waals surface area contributed by atoms with E-state index in [4.69, 9.17) is 11.6 Å². The summed E-state index contributed by atoms with van der Waals surface area (Å²) in [6.07, 6.45) is 6.98. The van der Waals surface area contributed by atoms with Crippen LogP contribution in [0.2, 0.25) is 5.02 Å². The van der Waals surface area contributed by atoms with Crippen molar-refractivity contribution in [1.29, 1.82) is 0 Å². The van der Waals surface area contributed by atoms with E-state index < -0.39 is 0 Å². The van der Waals surface area contributed by atoms with Crippen LogP contribution in [0.5, 0.6) is 0 Å². The Kier molecular flexibility index (Phi) is 7.39. The zero-order valence-corrected chi connectivity index (χ0v) is 19.3. The van der Waals surface area contributed by atoms with Gasteiger partial charge in [0.25, 0.3) is 0 Å². The molecule has 6 nitrogen and oxygen atoms in total. The highest BCUT2D eigenvalue weighted by molar-refractivity contribution is 6.30. The molecule has 1 aliphatic carbocycles. The first kappa shape index (κ1) is 22.4. The quantitative estimate of drug-likeness (QED) is 0.749. The third-order valence-corrected chi connectivity index (χ3v) is 7.50. The monoisotopic (exact) mass is 446 g/mol. The van der Waals surface area contributed by atoms with Crippen LogP contribution < -0.4 is 5.32 Å². The summed E-state index contributed by atoms with van der Waals surface area (Å²) in [7, 11) is 0. The molecule has 4 rings (SSSR count). The fourth-order valence-corrected chi connectivity index (χ4v) is 5.51. The zero-order valence-electron chi connectivity index (χ0n) is 18.6. The third kappa shape index (κ3) is 5.53. The fourth-order valence-electron chi connectivity index (χ4n) is 5.32. The van der Waals surface area contributed by atoms with Gasteiger partial charge in [-0.2, -0.15) is 0 Å². The van der Waals surface area contributed by atoms with E-state index in [9.17, 15) is 9.59 Å². The first-order valence-corrected chi connectivity index (χ1v) is 12.2. The molecule has 1 N–H and O–H groups in total. The molecule has 1 aromatic carbocycles. The number of urea groups is 1. The normalized spacial score (nSPS) is 22.5. The van der Waals surface area contributed by atoms with Gasteiger partial charge in [0.15, 0.2) is 0 Å².